The van der Waals surface area contributed by atoms with Crippen LogP contribution in [0, 0.1) is 0 Å². The summed E-state index contributed by atoms with van der Waals surface area (Å²) in [5.41, 5.74) is -0.477. The molecule has 0 aliphatic carbocycles. The molecule has 0 saturated carbocycles. The number of hydrogen-bond acceptors (Lipinski definition) is 6. The number of likely N-dealkylation sites (tertiary alicyclic amines) is 1. The molecule has 0 aromatic carbocycles. The molecular formula is C16H28N4O3. The van der Waals surface area contributed by atoms with E-state index in [9.17, 15) is 4.79 Å². The summed E-state index contributed by atoms with van der Waals surface area (Å²) in [6, 6.07) is 0.0890. The van der Waals surface area contributed by atoms with E-state index >= 15 is 0 Å². The highest BCUT2D eigenvalue weighted by Crippen LogP contribution is 2.17. The smallest absolute Gasteiger partial charge is 0.407 e. The highest BCUT2D eigenvalue weighted by Gasteiger charge is 2.25. The number of hydrogen-bond donors (Lipinski definition) is 1. The Hall–Kier alpha value is -1.63. The van der Waals surface area contributed by atoms with Gasteiger partial charge < -0.3 is 14.5 Å². The van der Waals surface area contributed by atoms with Gasteiger partial charge in [0, 0.05) is 18.5 Å². The third-order valence-electron chi connectivity index (χ3n) is 3.56. The average molecular weight is 324 g/mol. The highest BCUT2D eigenvalue weighted by molar-refractivity contribution is 5.68. The summed E-state index contributed by atoms with van der Waals surface area (Å²) in [4.78, 5) is 14.1. The van der Waals surface area contributed by atoms with Crippen molar-refractivity contribution in [3.05, 3.63) is 11.8 Å². The van der Waals surface area contributed by atoms with Crippen LogP contribution in [-0.4, -0.2) is 45.9 Å². The van der Waals surface area contributed by atoms with Gasteiger partial charge in [0.25, 0.3) is 0 Å². The van der Waals surface area contributed by atoms with Gasteiger partial charge in [-0.05, 0) is 40.2 Å². The van der Waals surface area contributed by atoms with Crippen molar-refractivity contribution in [2.45, 2.75) is 71.6 Å². The van der Waals surface area contributed by atoms with E-state index in [2.05, 4.69) is 20.4 Å². The lowest BCUT2D eigenvalue weighted by atomic mass is 10.1. The molecule has 1 N–H and O–H groups in total. The third kappa shape index (κ3) is 5.82. The number of alkyl carbamates (subject to hydrolysis) is 1. The Labute approximate surface area is 137 Å². The lowest BCUT2D eigenvalue weighted by Gasteiger charge is -2.32. The van der Waals surface area contributed by atoms with E-state index < -0.39 is 5.60 Å². The minimum absolute atomic E-state index is 0.0890. The molecule has 7 heteroatoms. The number of nitrogens with one attached hydrogen (secondary N) is 1. The second kappa shape index (κ2) is 7.29. The van der Waals surface area contributed by atoms with E-state index in [4.69, 9.17) is 9.15 Å². The monoisotopic (exact) mass is 324 g/mol. The summed E-state index contributed by atoms with van der Waals surface area (Å²) in [7, 11) is 0. The maximum absolute atomic E-state index is 11.9. The van der Waals surface area contributed by atoms with E-state index in [1.807, 2.05) is 34.6 Å². The largest absolute Gasteiger partial charge is 0.444 e. The standard InChI is InChI=1S/C16H28N4O3/c1-11(2)14-19-18-13(22-14)10-20-8-6-7-12(9-20)17-15(21)23-16(3,4)5/h11-12H,6-10H2,1-5H3,(H,17,21)/t12-/m1/s1. The van der Waals surface area contributed by atoms with Crippen molar-refractivity contribution < 1.29 is 13.9 Å². The summed E-state index contributed by atoms with van der Waals surface area (Å²) in [5, 5.41) is 11.1. The number of ether oxygens (including phenoxy) is 1. The third-order valence-corrected chi connectivity index (χ3v) is 3.56. The molecule has 1 aliphatic rings. The van der Waals surface area contributed by atoms with Gasteiger partial charge in [-0.2, -0.15) is 0 Å². The molecule has 0 spiro atoms. The molecule has 1 saturated heterocycles. The Bertz CT molecular complexity index is 522. The van der Waals surface area contributed by atoms with Crippen molar-refractivity contribution in [2.24, 2.45) is 0 Å². The molecule has 1 amide bonds. The zero-order valence-electron chi connectivity index (χ0n) is 14.8. The van der Waals surface area contributed by atoms with Crippen molar-refractivity contribution in [3.63, 3.8) is 0 Å². The molecule has 0 unspecified atom stereocenters. The SMILES string of the molecule is CC(C)c1nnc(CN2CCC[C@@H](NC(=O)OC(C)(C)C)C2)o1. The van der Waals surface area contributed by atoms with Crippen LogP contribution >= 0.6 is 0 Å². The molecule has 2 heterocycles. The predicted molar refractivity (Wildman–Crippen MR) is 86.1 cm³/mol. The topological polar surface area (TPSA) is 80.5 Å². The van der Waals surface area contributed by atoms with Gasteiger partial charge in [0.1, 0.15) is 5.60 Å². The fourth-order valence-electron chi connectivity index (χ4n) is 2.55. The molecule has 1 aliphatic heterocycles. The van der Waals surface area contributed by atoms with E-state index in [0.717, 1.165) is 25.9 Å². The molecule has 1 fully saturated rings. The molecule has 130 valence electrons. The second-order valence-electron chi connectivity index (χ2n) is 7.41. The normalized spacial score (nSPS) is 19.8. The van der Waals surface area contributed by atoms with Gasteiger partial charge in [-0.25, -0.2) is 4.79 Å². The van der Waals surface area contributed by atoms with Crippen molar-refractivity contribution in [1.82, 2.24) is 20.4 Å². The van der Waals surface area contributed by atoms with Gasteiger partial charge >= 0.3 is 6.09 Å². The number of rotatable bonds is 4. The minimum atomic E-state index is -0.477. The fourth-order valence-corrected chi connectivity index (χ4v) is 2.55. The molecule has 0 bridgehead atoms. The first-order valence-electron chi connectivity index (χ1n) is 8.27. The number of carbonyl (C=O) groups is 1. The van der Waals surface area contributed by atoms with Crippen LogP contribution in [0.3, 0.4) is 0 Å². The Morgan fingerprint density at radius 2 is 2.17 bits per heavy atom. The van der Waals surface area contributed by atoms with Crippen LogP contribution in [0.25, 0.3) is 0 Å². The molecule has 23 heavy (non-hydrogen) atoms. The summed E-state index contributed by atoms with van der Waals surface area (Å²) in [5.74, 6) is 1.53. The van der Waals surface area contributed by atoms with E-state index in [-0.39, 0.29) is 18.1 Å². The van der Waals surface area contributed by atoms with Crippen molar-refractivity contribution in [3.8, 4) is 0 Å². The van der Waals surface area contributed by atoms with Crippen LogP contribution in [0.15, 0.2) is 4.42 Å². The minimum Gasteiger partial charge on any atom is -0.444 e. The van der Waals surface area contributed by atoms with Gasteiger partial charge in [0.2, 0.25) is 11.8 Å². The van der Waals surface area contributed by atoms with Crippen LogP contribution in [0.2, 0.25) is 0 Å². The second-order valence-corrected chi connectivity index (χ2v) is 7.41. The first kappa shape index (κ1) is 17.7. The van der Waals surface area contributed by atoms with Crippen LogP contribution in [0.1, 0.15) is 65.2 Å². The van der Waals surface area contributed by atoms with E-state index in [0.29, 0.717) is 18.3 Å². The summed E-state index contributed by atoms with van der Waals surface area (Å²) in [6.45, 7) is 12.0. The number of carbonyl (C=O) groups excluding carboxylic acids is 1. The lowest BCUT2D eigenvalue weighted by molar-refractivity contribution is 0.0468. The van der Waals surface area contributed by atoms with Crippen LogP contribution < -0.4 is 5.32 Å². The maximum Gasteiger partial charge on any atom is 0.407 e. The zero-order valence-corrected chi connectivity index (χ0v) is 14.8. The van der Waals surface area contributed by atoms with Crippen LogP contribution in [0.5, 0.6) is 0 Å². The number of aromatic nitrogens is 2. The van der Waals surface area contributed by atoms with Gasteiger partial charge in [-0.3, -0.25) is 4.90 Å². The highest BCUT2D eigenvalue weighted by atomic mass is 16.6. The molecule has 7 nitrogen and oxygen atoms in total. The van der Waals surface area contributed by atoms with Crippen molar-refractivity contribution >= 4 is 6.09 Å². The van der Waals surface area contributed by atoms with E-state index in [1.54, 1.807) is 0 Å². The Kier molecular flexibility index (Phi) is 5.62. The van der Waals surface area contributed by atoms with Gasteiger partial charge in [-0.1, -0.05) is 13.8 Å². The van der Waals surface area contributed by atoms with Gasteiger partial charge in [0.05, 0.1) is 6.54 Å². The van der Waals surface area contributed by atoms with Gasteiger partial charge in [-0.15, -0.1) is 10.2 Å². The number of piperidine rings is 1. The van der Waals surface area contributed by atoms with Gasteiger partial charge in [0.15, 0.2) is 0 Å². The average Bonchev–Trinajstić information content (AvgIpc) is 2.85. The quantitative estimate of drug-likeness (QED) is 0.917. The van der Waals surface area contributed by atoms with Crippen molar-refractivity contribution in [2.75, 3.05) is 13.1 Å². The predicted octanol–water partition coefficient (Wildman–Crippen LogP) is 2.68. The maximum atomic E-state index is 11.9. The Balaban J connectivity index is 1.84. The summed E-state index contributed by atoms with van der Waals surface area (Å²) in [6.07, 6.45) is 1.62. The molecule has 1 aromatic heterocycles. The first-order chi connectivity index (χ1) is 10.7. The van der Waals surface area contributed by atoms with E-state index in [1.165, 1.54) is 0 Å². The Morgan fingerprint density at radius 1 is 1.43 bits per heavy atom. The molecule has 2 rings (SSSR count). The Morgan fingerprint density at radius 3 is 2.78 bits per heavy atom. The molecule has 1 aromatic rings. The molecule has 1 atom stereocenters. The van der Waals surface area contributed by atoms with Crippen LogP contribution in [-0.2, 0) is 11.3 Å². The van der Waals surface area contributed by atoms with Crippen LogP contribution in [0.4, 0.5) is 4.79 Å². The number of amides is 1. The molecule has 0 radical (unpaired) electrons. The first-order valence-corrected chi connectivity index (χ1v) is 8.27. The fraction of sp³-hybridized carbons (Fsp3) is 0.812. The summed E-state index contributed by atoms with van der Waals surface area (Å²) >= 11 is 0. The van der Waals surface area contributed by atoms with Crippen molar-refractivity contribution in [1.29, 1.82) is 0 Å². The molecular weight excluding hydrogens is 296 g/mol. The lowest BCUT2D eigenvalue weighted by Crippen LogP contribution is -2.48. The zero-order chi connectivity index (χ0) is 17.0. The number of nitrogens with zero attached hydrogens (tertiary/aromatic N) is 3. The summed E-state index contributed by atoms with van der Waals surface area (Å²) < 4.78 is 11.0.